The minimum absolute atomic E-state index is 0.0917. The summed E-state index contributed by atoms with van der Waals surface area (Å²) in [7, 11) is 0. The number of pyridine rings is 1. The van der Waals surface area contributed by atoms with Crippen LogP contribution in [0.3, 0.4) is 0 Å². The van der Waals surface area contributed by atoms with Crippen LogP contribution in [0.5, 0.6) is 0 Å². The molecule has 0 amide bonds. The molecule has 4 heteroatoms. The molecule has 3 rings (SSSR count). The second-order valence-electron chi connectivity index (χ2n) is 5.03. The molecule has 4 nitrogen and oxygen atoms in total. The summed E-state index contributed by atoms with van der Waals surface area (Å²) in [6, 6.07) is 4.11. The van der Waals surface area contributed by atoms with E-state index < -0.39 is 0 Å². The third-order valence-electron chi connectivity index (χ3n) is 3.77. The number of nitrogens with zero attached hydrogens (tertiary/aromatic N) is 1. The van der Waals surface area contributed by atoms with E-state index in [0.29, 0.717) is 13.2 Å². The molecular weight excluding hydrogens is 216 g/mol. The Bertz CT molecular complexity index is 390. The summed E-state index contributed by atoms with van der Waals surface area (Å²) in [4.78, 5) is 4.07. The van der Waals surface area contributed by atoms with Crippen LogP contribution >= 0.6 is 0 Å². The fraction of sp³-hybridized carbons (Fsp3) is 0.615. The molecule has 1 aromatic rings. The third-order valence-corrected chi connectivity index (χ3v) is 3.77. The summed E-state index contributed by atoms with van der Waals surface area (Å²) in [5.41, 5.74) is 1.15. The van der Waals surface area contributed by atoms with E-state index in [1.807, 2.05) is 12.4 Å². The number of hydrogen-bond acceptors (Lipinski definition) is 4. The Labute approximate surface area is 101 Å². The van der Waals surface area contributed by atoms with Crippen LogP contribution in [0.15, 0.2) is 24.5 Å². The molecule has 2 fully saturated rings. The van der Waals surface area contributed by atoms with Gasteiger partial charge in [0.15, 0.2) is 5.79 Å². The second kappa shape index (κ2) is 4.05. The standard InChI is InChI=1S/C13H18N2O2/c1-12(11-2-5-14-6-3-11)10-13(4-7-15-12)16-8-9-17-13/h2-3,5-6,15H,4,7-10H2,1H3. The maximum Gasteiger partial charge on any atom is 0.171 e. The van der Waals surface area contributed by atoms with Crippen LogP contribution in [0.4, 0.5) is 0 Å². The molecule has 2 aliphatic rings. The Morgan fingerprint density at radius 1 is 1.24 bits per heavy atom. The van der Waals surface area contributed by atoms with E-state index >= 15 is 0 Å². The average molecular weight is 234 g/mol. The summed E-state index contributed by atoms with van der Waals surface area (Å²) in [5.74, 6) is -0.372. The Balaban J connectivity index is 1.87. The molecule has 0 saturated carbocycles. The lowest BCUT2D eigenvalue weighted by molar-refractivity contribution is -0.190. The summed E-state index contributed by atoms with van der Waals surface area (Å²) in [6.45, 7) is 4.55. The van der Waals surface area contributed by atoms with Crippen LogP contribution in [0, 0.1) is 0 Å². The molecule has 92 valence electrons. The molecule has 2 aliphatic heterocycles. The lowest BCUT2D eigenvalue weighted by Crippen LogP contribution is -2.54. The first-order valence-corrected chi connectivity index (χ1v) is 6.16. The summed E-state index contributed by atoms with van der Waals surface area (Å²) in [6.07, 6.45) is 5.44. The number of ether oxygens (including phenoxy) is 2. The minimum atomic E-state index is -0.372. The third kappa shape index (κ3) is 1.97. The lowest BCUT2D eigenvalue weighted by atomic mass is 9.81. The normalized spacial score (nSPS) is 31.8. The van der Waals surface area contributed by atoms with Crippen molar-refractivity contribution in [1.29, 1.82) is 0 Å². The van der Waals surface area contributed by atoms with Crippen molar-refractivity contribution >= 4 is 0 Å². The van der Waals surface area contributed by atoms with Gasteiger partial charge in [-0.15, -0.1) is 0 Å². The fourth-order valence-electron chi connectivity index (χ4n) is 2.89. The van der Waals surface area contributed by atoms with E-state index in [4.69, 9.17) is 9.47 Å². The largest absolute Gasteiger partial charge is 0.347 e. The Morgan fingerprint density at radius 3 is 2.65 bits per heavy atom. The molecule has 0 radical (unpaired) electrons. The highest BCUT2D eigenvalue weighted by molar-refractivity contribution is 5.22. The highest BCUT2D eigenvalue weighted by atomic mass is 16.7. The number of aromatic nitrogens is 1. The molecular formula is C13H18N2O2. The second-order valence-corrected chi connectivity index (χ2v) is 5.03. The van der Waals surface area contributed by atoms with Gasteiger partial charge in [-0.2, -0.15) is 0 Å². The zero-order valence-corrected chi connectivity index (χ0v) is 10.1. The predicted molar refractivity (Wildman–Crippen MR) is 63.5 cm³/mol. The molecule has 0 bridgehead atoms. The molecule has 1 aromatic heterocycles. The molecule has 0 aliphatic carbocycles. The SMILES string of the molecule is CC1(c2ccncc2)CC2(CCN1)OCCO2. The van der Waals surface area contributed by atoms with Gasteiger partial charge in [-0.1, -0.05) is 0 Å². The summed E-state index contributed by atoms with van der Waals surface area (Å²) < 4.78 is 11.6. The van der Waals surface area contributed by atoms with Gasteiger partial charge in [0.05, 0.1) is 13.2 Å². The Kier molecular flexibility index (Phi) is 2.65. The van der Waals surface area contributed by atoms with E-state index in [0.717, 1.165) is 19.4 Å². The number of nitrogens with one attached hydrogen (secondary N) is 1. The van der Waals surface area contributed by atoms with Gasteiger partial charge in [0.25, 0.3) is 0 Å². The quantitative estimate of drug-likeness (QED) is 0.798. The Morgan fingerprint density at radius 2 is 1.94 bits per heavy atom. The average Bonchev–Trinajstić information content (AvgIpc) is 2.78. The van der Waals surface area contributed by atoms with Gasteiger partial charge < -0.3 is 14.8 Å². The van der Waals surface area contributed by atoms with Crippen molar-refractivity contribution < 1.29 is 9.47 Å². The van der Waals surface area contributed by atoms with Crippen LogP contribution in [-0.2, 0) is 15.0 Å². The summed E-state index contributed by atoms with van der Waals surface area (Å²) in [5, 5.41) is 3.58. The molecule has 1 atom stereocenters. The number of hydrogen-bond donors (Lipinski definition) is 1. The van der Waals surface area contributed by atoms with Crippen LogP contribution in [0.25, 0.3) is 0 Å². The summed E-state index contributed by atoms with van der Waals surface area (Å²) >= 11 is 0. The number of rotatable bonds is 1. The van der Waals surface area contributed by atoms with E-state index in [9.17, 15) is 0 Å². The van der Waals surface area contributed by atoms with Crippen molar-refractivity contribution in [1.82, 2.24) is 10.3 Å². The molecule has 3 heterocycles. The van der Waals surface area contributed by atoms with Crippen molar-refractivity contribution in [2.45, 2.75) is 31.1 Å². The van der Waals surface area contributed by atoms with Crippen molar-refractivity contribution in [2.75, 3.05) is 19.8 Å². The van der Waals surface area contributed by atoms with Crippen molar-refractivity contribution in [3.63, 3.8) is 0 Å². The number of piperidine rings is 1. The van der Waals surface area contributed by atoms with Gasteiger partial charge in [0, 0.05) is 37.3 Å². The first kappa shape index (κ1) is 11.1. The van der Waals surface area contributed by atoms with E-state index in [2.05, 4.69) is 29.4 Å². The molecule has 2 saturated heterocycles. The Hall–Kier alpha value is -0.970. The zero-order chi connectivity index (χ0) is 11.8. The fourth-order valence-corrected chi connectivity index (χ4v) is 2.89. The monoisotopic (exact) mass is 234 g/mol. The van der Waals surface area contributed by atoms with Gasteiger partial charge in [0.2, 0.25) is 0 Å². The first-order chi connectivity index (χ1) is 8.23. The minimum Gasteiger partial charge on any atom is -0.347 e. The van der Waals surface area contributed by atoms with Gasteiger partial charge in [0.1, 0.15) is 0 Å². The van der Waals surface area contributed by atoms with E-state index in [1.165, 1.54) is 5.56 Å². The molecule has 1 N–H and O–H groups in total. The first-order valence-electron chi connectivity index (χ1n) is 6.16. The van der Waals surface area contributed by atoms with E-state index in [1.54, 1.807) is 0 Å². The van der Waals surface area contributed by atoms with Crippen LogP contribution < -0.4 is 5.32 Å². The van der Waals surface area contributed by atoms with Crippen LogP contribution in [0.2, 0.25) is 0 Å². The smallest absolute Gasteiger partial charge is 0.171 e. The van der Waals surface area contributed by atoms with Crippen molar-refractivity contribution in [3.8, 4) is 0 Å². The molecule has 17 heavy (non-hydrogen) atoms. The van der Waals surface area contributed by atoms with Gasteiger partial charge in [-0.25, -0.2) is 0 Å². The molecule has 1 unspecified atom stereocenters. The lowest BCUT2D eigenvalue weighted by Gasteiger charge is -2.44. The highest BCUT2D eigenvalue weighted by Crippen LogP contribution is 2.40. The van der Waals surface area contributed by atoms with Crippen LogP contribution in [-0.4, -0.2) is 30.5 Å². The van der Waals surface area contributed by atoms with Crippen molar-refractivity contribution in [3.05, 3.63) is 30.1 Å². The molecule has 0 aromatic carbocycles. The van der Waals surface area contributed by atoms with Crippen LogP contribution in [0.1, 0.15) is 25.3 Å². The zero-order valence-electron chi connectivity index (χ0n) is 10.1. The maximum atomic E-state index is 5.82. The van der Waals surface area contributed by atoms with Crippen molar-refractivity contribution in [2.24, 2.45) is 0 Å². The van der Waals surface area contributed by atoms with Gasteiger partial charge >= 0.3 is 0 Å². The predicted octanol–water partition coefficient (Wildman–Crippen LogP) is 1.42. The highest BCUT2D eigenvalue weighted by Gasteiger charge is 2.46. The topological polar surface area (TPSA) is 43.4 Å². The van der Waals surface area contributed by atoms with Gasteiger partial charge in [-0.3, -0.25) is 4.98 Å². The maximum absolute atomic E-state index is 5.82. The molecule has 1 spiro atoms. The van der Waals surface area contributed by atoms with E-state index in [-0.39, 0.29) is 11.3 Å². The van der Waals surface area contributed by atoms with Gasteiger partial charge in [-0.05, 0) is 24.6 Å².